The van der Waals surface area contributed by atoms with E-state index in [4.69, 9.17) is 0 Å². The molecule has 0 aliphatic carbocycles. The van der Waals surface area contributed by atoms with Crippen molar-refractivity contribution in [3.05, 3.63) is 35.9 Å². The van der Waals surface area contributed by atoms with Gasteiger partial charge < -0.3 is 24.8 Å². The molecule has 3 heteroatoms. The van der Waals surface area contributed by atoms with Crippen LogP contribution in [0.25, 0.3) is 0 Å². The van der Waals surface area contributed by atoms with Gasteiger partial charge in [0.2, 0.25) is 0 Å². The number of halogens is 2. The molecular weight excluding hydrogens is 256 g/mol. The molecule has 0 saturated carbocycles. The standard InChI is InChI=1S/C7H8.2ClH.Ru/c1-7-5-3-2-4-6-7;;;/h2-6H,1H3;2*1H;/q;;;+2/p-2. The molecule has 0 bridgehead atoms. The summed E-state index contributed by atoms with van der Waals surface area (Å²) in [5, 5.41) is 0. The summed E-state index contributed by atoms with van der Waals surface area (Å²) < 4.78 is 0. The summed E-state index contributed by atoms with van der Waals surface area (Å²) in [6.45, 7) is 2.08. The van der Waals surface area contributed by atoms with E-state index in [-0.39, 0.29) is 44.3 Å². The first-order valence-corrected chi connectivity index (χ1v) is 2.41. The first-order valence-electron chi connectivity index (χ1n) is 2.41. The average molecular weight is 264 g/mol. The topological polar surface area (TPSA) is 0 Å². The molecular formula is C7H8Cl2Ru. The van der Waals surface area contributed by atoms with Gasteiger partial charge in [-0.05, 0) is 6.92 Å². The molecule has 0 heterocycles. The van der Waals surface area contributed by atoms with E-state index < -0.39 is 0 Å². The molecule has 0 aromatic heterocycles. The zero-order chi connectivity index (χ0) is 5.11. The molecule has 1 aromatic rings. The van der Waals surface area contributed by atoms with Crippen molar-refractivity contribution in [2.45, 2.75) is 6.92 Å². The van der Waals surface area contributed by atoms with Crippen LogP contribution in [0.5, 0.6) is 0 Å². The minimum Gasteiger partial charge on any atom is -1.00 e. The fourth-order valence-electron chi connectivity index (χ4n) is 0.534. The van der Waals surface area contributed by atoms with Crippen LogP contribution < -0.4 is 24.8 Å². The summed E-state index contributed by atoms with van der Waals surface area (Å²) in [5.41, 5.74) is 1.32. The number of rotatable bonds is 0. The molecule has 1 aromatic carbocycles. The second kappa shape index (κ2) is 9.42. The Balaban J connectivity index is -0.000000163. The van der Waals surface area contributed by atoms with Gasteiger partial charge in [0.05, 0.1) is 0 Å². The molecule has 0 aliphatic heterocycles. The van der Waals surface area contributed by atoms with Crippen molar-refractivity contribution >= 4 is 0 Å². The van der Waals surface area contributed by atoms with Gasteiger partial charge in [-0.1, -0.05) is 35.9 Å². The van der Waals surface area contributed by atoms with E-state index >= 15 is 0 Å². The minimum atomic E-state index is 0. The van der Waals surface area contributed by atoms with Crippen molar-refractivity contribution < 1.29 is 44.3 Å². The van der Waals surface area contributed by atoms with Gasteiger partial charge in [0.25, 0.3) is 0 Å². The predicted octanol–water partition coefficient (Wildman–Crippen LogP) is -4.00. The molecule has 0 atom stereocenters. The first-order chi connectivity index (χ1) is 3.39. The largest absolute Gasteiger partial charge is 2.00 e. The third-order valence-corrected chi connectivity index (χ3v) is 0.940. The molecule has 0 nitrogen and oxygen atoms in total. The summed E-state index contributed by atoms with van der Waals surface area (Å²) in [4.78, 5) is 0. The van der Waals surface area contributed by atoms with Gasteiger partial charge in [-0.25, -0.2) is 0 Å². The molecule has 0 saturated heterocycles. The Morgan fingerprint density at radius 3 is 1.50 bits per heavy atom. The number of aryl methyl sites for hydroxylation is 1. The second-order valence-corrected chi connectivity index (χ2v) is 1.65. The van der Waals surface area contributed by atoms with Crippen LogP contribution in [0.4, 0.5) is 0 Å². The predicted molar refractivity (Wildman–Crippen MR) is 31.2 cm³/mol. The summed E-state index contributed by atoms with van der Waals surface area (Å²) in [6.07, 6.45) is 0. The Hall–Kier alpha value is 0.423. The fourth-order valence-corrected chi connectivity index (χ4v) is 0.534. The van der Waals surface area contributed by atoms with Crippen LogP contribution in [0.15, 0.2) is 30.3 Å². The molecule has 10 heavy (non-hydrogen) atoms. The van der Waals surface area contributed by atoms with Crippen LogP contribution in [0.2, 0.25) is 0 Å². The third-order valence-electron chi connectivity index (χ3n) is 0.940. The Kier molecular flexibility index (Phi) is 15.8. The maximum atomic E-state index is 2.08. The van der Waals surface area contributed by atoms with Crippen molar-refractivity contribution in [3.63, 3.8) is 0 Å². The van der Waals surface area contributed by atoms with E-state index in [1.807, 2.05) is 18.2 Å². The van der Waals surface area contributed by atoms with Crippen LogP contribution in [-0.4, -0.2) is 0 Å². The SMILES string of the molecule is Cc1ccccc1.[Cl-].[Cl-].[Ru+2]. The summed E-state index contributed by atoms with van der Waals surface area (Å²) in [7, 11) is 0. The van der Waals surface area contributed by atoms with Gasteiger partial charge in [0, 0.05) is 0 Å². The zero-order valence-electron chi connectivity index (χ0n) is 5.50. The maximum Gasteiger partial charge on any atom is 2.00 e. The quantitative estimate of drug-likeness (QED) is 0.419. The van der Waals surface area contributed by atoms with Crippen molar-refractivity contribution in [2.75, 3.05) is 0 Å². The molecule has 0 amide bonds. The Morgan fingerprint density at radius 1 is 0.900 bits per heavy atom. The van der Waals surface area contributed by atoms with Gasteiger partial charge in [0.15, 0.2) is 0 Å². The molecule has 0 spiro atoms. The minimum absolute atomic E-state index is 0. The van der Waals surface area contributed by atoms with Gasteiger partial charge in [-0.2, -0.15) is 0 Å². The first kappa shape index (κ1) is 16.8. The average Bonchev–Trinajstić information content (AvgIpc) is 1.69. The molecule has 58 valence electrons. The van der Waals surface area contributed by atoms with Crippen molar-refractivity contribution in [1.29, 1.82) is 0 Å². The van der Waals surface area contributed by atoms with Crippen LogP contribution in [0.3, 0.4) is 0 Å². The van der Waals surface area contributed by atoms with Crippen molar-refractivity contribution in [3.8, 4) is 0 Å². The van der Waals surface area contributed by atoms with Gasteiger partial charge >= 0.3 is 19.5 Å². The van der Waals surface area contributed by atoms with Gasteiger partial charge in [-0.3, -0.25) is 0 Å². The van der Waals surface area contributed by atoms with E-state index in [1.165, 1.54) is 5.56 Å². The normalized spacial score (nSPS) is 6.10. The monoisotopic (exact) mass is 264 g/mol. The molecule has 0 radical (unpaired) electrons. The summed E-state index contributed by atoms with van der Waals surface area (Å²) >= 11 is 0. The Morgan fingerprint density at radius 2 is 1.30 bits per heavy atom. The van der Waals surface area contributed by atoms with Gasteiger partial charge in [-0.15, -0.1) is 0 Å². The zero-order valence-corrected chi connectivity index (χ0v) is 8.75. The van der Waals surface area contributed by atoms with E-state index in [1.54, 1.807) is 0 Å². The van der Waals surface area contributed by atoms with E-state index in [0.717, 1.165) is 0 Å². The van der Waals surface area contributed by atoms with E-state index in [9.17, 15) is 0 Å². The molecule has 0 unspecified atom stereocenters. The second-order valence-electron chi connectivity index (χ2n) is 1.65. The van der Waals surface area contributed by atoms with E-state index in [2.05, 4.69) is 19.1 Å². The maximum absolute atomic E-state index is 2.08. The number of hydrogen-bond donors (Lipinski definition) is 0. The van der Waals surface area contributed by atoms with Crippen LogP contribution in [-0.2, 0) is 19.5 Å². The van der Waals surface area contributed by atoms with Crippen LogP contribution in [0, 0.1) is 6.92 Å². The fraction of sp³-hybridized carbons (Fsp3) is 0.143. The molecule has 0 N–H and O–H groups in total. The number of benzene rings is 1. The van der Waals surface area contributed by atoms with Crippen molar-refractivity contribution in [2.24, 2.45) is 0 Å². The molecule has 0 aliphatic rings. The Labute approximate surface area is 87.0 Å². The van der Waals surface area contributed by atoms with Crippen molar-refractivity contribution in [1.82, 2.24) is 0 Å². The number of hydrogen-bond acceptors (Lipinski definition) is 0. The summed E-state index contributed by atoms with van der Waals surface area (Å²) in [5.74, 6) is 0. The van der Waals surface area contributed by atoms with E-state index in [0.29, 0.717) is 0 Å². The van der Waals surface area contributed by atoms with Crippen LogP contribution in [0.1, 0.15) is 5.56 Å². The van der Waals surface area contributed by atoms with Crippen LogP contribution >= 0.6 is 0 Å². The Bertz CT molecular complexity index is 142. The van der Waals surface area contributed by atoms with Gasteiger partial charge in [0.1, 0.15) is 0 Å². The molecule has 1 rings (SSSR count). The molecule has 0 fully saturated rings. The smallest absolute Gasteiger partial charge is 1.00 e. The third kappa shape index (κ3) is 6.54. The summed E-state index contributed by atoms with van der Waals surface area (Å²) in [6, 6.07) is 10.3.